The van der Waals surface area contributed by atoms with E-state index >= 15 is 4.79 Å². The minimum Gasteiger partial charge on any atom is -0.444 e. The number of aliphatic hydroxyl groups is 1. The molecule has 516 valence electrons. The summed E-state index contributed by atoms with van der Waals surface area (Å²) in [5, 5.41) is 24.5. The molecule has 0 aromatic rings. The second-order valence-corrected chi connectivity index (χ2v) is 27.6. The summed E-state index contributed by atoms with van der Waals surface area (Å²) >= 11 is 0. The van der Waals surface area contributed by atoms with Gasteiger partial charge in [-0.1, -0.05) is 109 Å². The van der Waals surface area contributed by atoms with Crippen molar-refractivity contribution in [1.82, 2.24) is 60.9 Å². The summed E-state index contributed by atoms with van der Waals surface area (Å²) in [6.45, 7) is 27.0. The second kappa shape index (κ2) is 37.7. The fraction of sp³-hybridized carbons (Fsp3) is 0.812. The molecule has 1 aliphatic heterocycles. The third-order valence-corrected chi connectivity index (χ3v) is 16.4. The summed E-state index contributed by atoms with van der Waals surface area (Å²) in [7, 11) is 9.44. The molecule has 90 heavy (non-hydrogen) atoms. The van der Waals surface area contributed by atoms with Crippen LogP contribution in [0.5, 0.6) is 0 Å². The van der Waals surface area contributed by atoms with Crippen LogP contribution in [0.4, 0.5) is 9.59 Å². The third-order valence-electron chi connectivity index (χ3n) is 16.4. The first-order valence-corrected chi connectivity index (χ1v) is 32.2. The van der Waals surface area contributed by atoms with Crippen molar-refractivity contribution in [3.63, 3.8) is 0 Å². The number of hydrogen-bond acceptors (Lipinski definition) is 14. The number of carbonyl (C=O) groups is 12. The first-order chi connectivity index (χ1) is 41.6. The number of carbonyl (C=O) groups excluding carboxylic acids is 12. The summed E-state index contributed by atoms with van der Waals surface area (Å²) < 4.78 is 5.33. The second-order valence-electron chi connectivity index (χ2n) is 27.6. The van der Waals surface area contributed by atoms with Crippen LogP contribution in [0.2, 0.25) is 0 Å². The van der Waals surface area contributed by atoms with Crippen molar-refractivity contribution in [2.45, 2.75) is 235 Å². The van der Waals surface area contributed by atoms with E-state index in [0.717, 1.165) is 43.8 Å². The standard InChI is InChI=1S/C64H116N12O14/c1-24-44-57(83)74(21)49(36-77)59(85)71(18)46(32-38(4)5)56(82)69-51(40(8)9)60(86)72(19)45(31-37(2)3)54(80)67-43(13)53(79)66-35-50(78)70(17)48(33-39(6)7)58(84)76(23)63(89)75(22)52(41(10)11)61(87)73(20)47(55(81)68-44)34-42(12)29-27-25-26-28-30-65-62(88)90-64(14,15)16/h37-49,51-52,77H,24-36H2,1-23H3,(H,65,88)(H,66,79)(H,67,80)(H,68,81)(H,69,82)/t42-,43+,44+,45+,46+,47?,48-,49-,51+,52+/m1/s1. The van der Waals surface area contributed by atoms with Gasteiger partial charge in [-0.15, -0.1) is 0 Å². The number of amides is 13. The molecular formula is C64H116N12O14. The molecular weight excluding hydrogens is 1160 g/mol. The quantitative estimate of drug-likeness (QED) is 0.0998. The van der Waals surface area contributed by atoms with E-state index in [4.69, 9.17) is 4.74 Å². The minimum atomic E-state index is -1.57. The molecule has 1 fully saturated rings. The van der Waals surface area contributed by atoms with Gasteiger partial charge in [-0.25, -0.2) is 9.59 Å². The van der Waals surface area contributed by atoms with E-state index in [-0.39, 0.29) is 55.8 Å². The fourth-order valence-electron chi connectivity index (χ4n) is 10.9. The first-order valence-electron chi connectivity index (χ1n) is 32.2. The highest BCUT2D eigenvalue weighted by molar-refractivity contribution is 6.01. The van der Waals surface area contributed by atoms with Crippen LogP contribution in [-0.4, -0.2) is 240 Å². The smallest absolute Gasteiger partial charge is 0.407 e. The molecule has 0 saturated carbocycles. The lowest BCUT2D eigenvalue weighted by atomic mass is 9.93. The average molecular weight is 1280 g/mol. The number of hydrogen-bond donors (Lipinski definition) is 6. The third kappa shape index (κ3) is 24.9. The summed E-state index contributed by atoms with van der Waals surface area (Å²) in [4.78, 5) is 179. The van der Waals surface area contributed by atoms with E-state index in [1.54, 1.807) is 55.4 Å². The van der Waals surface area contributed by atoms with Gasteiger partial charge >= 0.3 is 12.1 Å². The molecule has 1 saturated heterocycles. The van der Waals surface area contributed by atoms with Gasteiger partial charge < -0.3 is 65.8 Å². The lowest BCUT2D eigenvalue weighted by molar-refractivity contribution is -0.151. The van der Waals surface area contributed by atoms with E-state index in [0.29, 0.717) is 19.4 Å². The predicted molar refractivity (Wildman–Crippen MR) is 344 cm³/mol. The molecule has 1 heterocycles. The molecule has 1 aliphatic rings. The van der Waals surface area contributed by atoms with E-state index < -0.39 is 156 Å². The predicted octanol–water partition coefficient (Wildman–Crippen LogP) is 3.96. The van der Waals surface area contributed by atoms with Crippen molar-refractivity contribution < 1.29 is 67.4 Å². The van der Waals surface area contributed by atoms with Crippen LogP contribution in [0.15, 0.2) is 0 Å². The number of imide groups is 1. The molecule has 1 rings (SSSR count). The van der Waals surface area contributed by atoms with Crippen molar-refractivity contribution in [3.05, 3.63) is 0 Å². The normalized spacial score (nSPS) is 24.7. The molecule has 0 aliphatic carbocycles. The molecule has 0 aromatic heterocycles. The number of nitrogens with one attached hydrogen (secondary N) is 5. The number of likely N-dealkylation sites (N-methyl/N-ethyl adjacent to an activating group) is 7. The van der Waals surface area contributed by atoms with E-state index in [1.165, 1.54) is 66.1 Å². The van der Waals surface area contributed by atoms with Gasteiger partial charge in [-0.2, -0.15) is 0 Å². The maximum absolute atomic E-state index is 15.1. The van der Waals surface area contributed by atoms with Crippen molar-refractivity contribution in [1.29, 1.82) is 0 Å². The summed E-state index contributed by atoms with van der Waals surface area (Å²) in [5.41, 5.74) is -0.633. The monoisotopic (exact) mass is 1280 g/mol. The highest BCUT2D eigenvalue weighted by Gasteiger charge is 2.44. The Morgan fingerprint density at radius 1 is 0.544 bits per heavy atom. The van der Waals surface area contributed by atoms with E-state index in [9.17, 15) is 57.8 Å². The molecule has 6 N–H and O–H groups in total. The molecule has 1 unspecified atom stereocenters. The average Bonchev–Trinajstić information content (AvgIpc) is 1.02. The van der Waals surface area contributed by atoms with Crippen LogP contribution < -0.4 is 26.6 Å². The Labute approximate surface area is 537 Å². The van der Waals surface area contributed by atoms with Gasteiger partial charge in [-0.05, 0) is 102 Å². The number of urea groups is 1. The molecule has 13 amide bonds. The van der Waals surface area contributed by atoms with Crippen LogP contribution in [0, 0.1) is 35.5 Å². The van der Waals surface area contributed by atoms with Gasteiger partial charge in [0.2, 0.25) is 53.2 Å². The van der Waals surface area contributed by atoms with Crippen molar-refractivity contribution in [2.24, 2.45) is 35.5 Å². The summed E-state index contributed by atoms with van der Waals surface area (Å²) in [6.07, 6.45) is 3.52. The lowest BCUT2D eigenvalue weighted by Crippen LogP contribution is -2.62. The highest BCUT2D eigenvalue weighted by atomic mass is 16.6. The highest BCUT2D eigenvalue weighted by Crippen LogP contribution is 2.25. The zero-order valence-corrected chi connectivity index (χ0v) is 58.7. The molecule has 10 atom stereocenters. The van der Waals surface area contributed by atoms with Gasteiger partial charge in [0.25, 0.3) is 5.91 Å². The Balaban J connectivity index is 4.13. The number of rotatable bonds is 19. The minimum absolute atomic E-state index is 0.00455. The summed E-state index contributed by atoms with van der Waals surface area (Å²) in [6, 6.07) is -12.4. The Morgan fingerprint density at radius 2 is 1.01 bits per heavy atom. The number of nitrogens with zero attached hydrogens (tertiary/aromatic N) is 7. The number of aliphatic hydroxyl groups excluding tert-OH is 1. The number of alkyl carbamates (subject to hydrolysis) is 1. The molecule has 26 heteroatoms. The molecule has 0 aromatic carbocycles. The Kier molecular flexibility index (Phi) is 34.1. The molecule has 26 nitrogen and oxygen atoms in total. The van der Waals surface area contributed by atoms with E-state index in [2.05, 4.69) is 26.6 Å². The zero-order chi connectivity index (χ0) is 69.6. The van der Waals surface area contributed by atoms with Gasteiger partial charge in [0, 0.05) is 55.9 Å². The van der Waals surface area contributed by atoms with Crippen LogP contribution in [-0.2, 0) is 52.7 Å². The van der Waals surface area contributed by atoms with Gasteiger partial charge in [0.15, 0.2) is 0 Å². The van der Waals surface area contributed by atoms with Gasteiger partial charge in [-0.3, -0.25) is 52.8 Å². The van der Waals surface area contributed by atoms with Gasteiger partial charge in [0.05, 0.1) is 13.2 Å². The SMILES string of the molecule is CC[C@@H]1NC(=O)C(C[C@H](C)CCCCCCNC(=O)OC(C)(C)C)N(C)C(=O)[C@H](C(C)C)N(C)C(=O)N(C)C(=O)[C@@H](CC(C)C)N(C)C(=O)CNC(=O)[C@H](C)NC(=O)[C@H](CC(C)C)N(C)C(=O)[C@H](C(C)C)NC(=O)[C@H](CC(C)C)N(C)C(=O)[C@@H](CO)N(C)C1=O. The molecule has 0 spiro atoms. The first kappa shape index (κ1) is 81.4. The van der Waals surface area contributed by atoms with Crippen LogP contribution in [0.25, 0.3) is 0 Å². The van der Waals surface area contributed by atoms with Crippen molar-refractivity contribution in [3.8, 4) is 0 Å². The maximum atomic E-state index is 15.1. The van der Waals surface area contributed by atoms with Crippen molar-refractivity contribution >= 4 is 71.2 Å². The lowest BCUT2D eigenvalue weighted by Gasteiger charge is -2.39. The molecule has 0 bridgehead atoms. The largest absolute Gasteiger partial charge is 0.444 e. The number of ether oxygens (including phenoxy) is 1. The number of unbranched alkanes of at least 4 members (excludes halogenated alkanes) is 3. The zero-order valence-electron chi connectivity index (χ0n) is 58.7. The van der Waals surface area contributed by atoms with Crippen molar-refractivity contribution in [2.75, 3.05) is 69.0 Å². The van der Waals surface area contributed by atoms with Gasteiger partial charge in [0.1, 0.15) is 60.0 Å². The Hall–Kier alpha value is -6.60. The van der Waals surface area contributed by atoms with E-state index in [1.807, 2.05) is 48.5 Å². The Bertz CT molecular complexity index is 2430. The van der Waals surface area contributed by atoms with Crippen LogP contribution in [0.1, 0.15) is 175 Å². The Morgan fingerprint density at radius 3 is 1.50 bits per heavy atom. The topological polar surface area (TPSA) is 317 Å². The van der Waals surface area contributed by atoms with Crippen LogP contribution in [0.3, 0.4) is 0 Å². The summed E-state index contributed by atoms with van der Waals surface area (Å²) in [5.74, 6) is -9.18. The van der Waals surface area contributed by atoms with Crippen LogP contribution >= 0.6 is 0 Å². The maximum Gasteiger partial charge on any atom is 0.407 e. The molecule has 0 radical (unpaired) electrons. The fourth-order valence-corrected chi connectivity index (χ4v) is 10.9.